The molecule has 0 bridgehead atoms. The summed E-state index contributed by atoms with van der Waals surface area (Å²) < 4.78 is 16.8. The Morgan fingerprint density at radius 2 is 0.569 bits per heavy atom. The van der Waals surface area contributed by atoms with Gasteiger partial charge in [-0.25, -0.2) is 0 Å². The van der Waals surface area contributed by atoms with Crippen LogP contribution in [0.5, 0.6) is 0 Å². The quantitative estimate of drug-likeness (QED) is 0.0262. The van der Waals surface area contributed by atoms with Crippen LogP contribution in [0.1, 0.15) is 303 Å². The summed E-state index contributed by atoms with van der Waals surface area (Å²) in [5.41, 5.74) is 0. The van der Waals surface area contributed by atoms with Gasteiger partial charge in [0.1, 0.15) is 13.2 Å². The molecular formula is C59H108O6. The summed E-state index contributed by atoms with van der Waals surface area (Å²) in [6.45, 7) is 6.61. The lowest BCUT2D eigenvalue weighted by Crippen LogP contribution is -2.30. The summed E-state index contributed by atoms with van der Waals surface area (Å²) in [4.78, 5) is 38.1. The van der Waals surface area contributed by atoms with Gasteiger partial charge in [0, 0.05) is 19.3 Å². The van der Waals surface area contributed by atoms with E-state index in [9.17, 15) is 14.4 Å². The number of hydrogen-bond acceptors (Lipinski definition) is 6. The molecule has 0 fully saturated rings. The van der Waals surface area contributed by atoms with Crippen molar-refractivity contribution in [3.63, 3.8) is 0 Å². The molecule has 0 N–H and O–H groups in total. The van der Waals surface area contributed by atoms with Crippen molar-refractivity contribution in [3.05, 3.63) is 36.5 Å². The van der Waals surface area contributed by atoms with Crippen molar-refractivity contribution in [2.45, 2.75) is 309 Å². The van der Waals surface area contributed by atoms with Gasteiger partial charge < -0.3 is 14.2 Å². The molecule has 380 valence electrons. The third kappa shape index (κ3) is 52.5. The SMILES string of the molecule is CCCC/C=C\C/C=C\CCCCCCCC(=O)OC(COC(=O)CCCCCCC/C=C\CCCCCCC)COC(=O)CCCCCCCCCCCCCCCCCCCCC. The number of rotatable bonds is 52. The molecular weight excluding hydrogens is 805 g/mol. The minimum Gasteiger partial charge on any atom is -0.462 e. The highest BCUT2D eigenvalue weighted by Gasteiger charge is 2.19. The molecule has 0 amide bonds. The van der Waals surface area contributed by atoms with Crippen molar-refractivity contribution in [2.75, 3.05) is 13.2 Å². The summed E-state index contributed by atoms with van der Waals surface area (Å²) in [5.74, 6) is -0.884. The Hall–Kier alpha value is -2.37. The van der Waals surface area contributed by atoms with Crippen LogP contribution in [0.15, 0.2) is 36.5 Å². The topological polar surface area (TPSA) is 78.9 Å². The minimum absolute atomic E-state index is 0.0771. The van der Waals surface area contributed by atoms with Gasteiger partial charge in [-0.3, -0.25) is 14.4 Å². The molecule has 0 heterocycles. The predicted octanol–water partition coefficient (Wildman–Crippen LogP) is 18.9. The van der Waals surface area contributed by atoms with Gasteiger partial charge in [-0.05, 0) is 70.6 Å². The number of allylic oxidation sites excluding steroid dienone is 6. The summed E-state index contributed by atoms with van der Waals surface area (Å²) in [6.07, 6.45) is 64.2. The number of carbonyl (C=O) groups is 3. The second-order valence-electron chi connectivity index (χ2n) is 19.2. The third-order valence-electron chi connectivity index (χ3n) is 12.6. The number of ether oxygens (including phenoxy) is 3. The van der Waals surface area contributed by atoms with Crippen LogP contribution in [0.25, 0.3) is 0 Å². The van der Waals surface area contributed by atoms with E-state index in [4.69, 9.17) is 14.2 Å². The van der Waals surface area contributed by atoms with Crippen LogP contribution in [-0.4, -0.2) is 37.2 Å². The van der Waals surface area contributed by atoms with Crippen LogP contribution in [0.3, 0.4) is 0 Å². The second-order valence-corrected chi connectivity index (χ2v) is 19.2. The van der Waals surface area contributed by atoms with Crippen LogP contribution in [0.4, 0.5) is 0 Å². The fourth-order valence-corrected chi connectivity index (χ4v) is 8.28. The molecule has 0 aromatic heterocycles. The van der Waals surface area contributed by atoms with Gasteiger partial charge in [-0.15, -0.1) is 0 Å². The summed E-state index contributed by atoms with van der Waals surface area (Å²) >= 11 is 0. The lowest BCUT2D eigenvalue weighted by Gasteiger charge is -2.18. The first-order valence-electron chi connectivity index (χ1n) is 28.5. The molecule has 0 aliphatic carbocycles. The summed E-state index contributed by atoms with van der Waals surface area (Å²) in [5, 5.41) is 0. The molecule has 0 rings (SSSR count). The van der Waals surface area contributed by atoms with E-state index >= 15 is 0 Å². The first-order chi connectivity index (χ1) is 32.0. The summed E-state index contributed by atoms with van der Waals surface area (Å²) in [7, 11) is 0. The van der Waals surface area contributed by atoms with E-state index in [1.807, 2.05) is 0 Å². The van der Waals surface area contributed by atoms with Crippen LogP contribution in [0, 0.1) is 0 Å². The lowest BCUT2D eigenvalue weighted by atomic mass is 10.0. The molecule has 65 heavy (non-hydrogen) atoms. The van der Waals surface area contributed by atoms with Crippen molar-refractivity contribution >= 4 is 17.9 Å². The van der Waals surface area contributed by atoms with Gasteiger partial charge in [-0.1, -0.05) is 250 Å². The summed E-state index contributed by atoms with van der Waals surface area (Å²) in [6, 6.07) is 0. The molecule has 0 radical (unpaired) electrons. The number of esters is 3. The molecule has 6 nitrogen and oxygen atoms in total. The molecule has 0 aromatic carbocycles. The van der Waals surface area contributed by atoms with Gasteiger partial charge in [-0.2, -0.15) is 0 Å². The molecule has 1 unspecified atom stereocenters. The van der Waals surface area contributed by atoms with Gasteiger partial charge >= 0.3 is 17.9 Å². The van der Waals surface area contributed by atoms with E-state index in [-0.39, 0.29) is 31.1 Å². The third-order valence-corrected chi connectivity index (χ3v) is 12.6. The predicted molar refractivity (Wildman–Crippen MR) is 279 cm³/mol. The molecule has 1 atom stereocenters. The molecule has 0 saturated heterocycles. The van der Waals surface area contributed by atoms with E-state index in [0.29, 0.717) is 19.3 Å². The Labute approximate surface area is 404 Å². The average molecular weight is 914 g/mol. The fraction of sp³-hybridized carbons (Fsp3) is 0.847. The van der Waals surface area contributed by atoms with E-state index in [1.165, 1.54) is 173 Å². The lowest BCUT2D eigenvalue weighted by molar-refractivity contribution is -0.167. The highest BCUT2D eigenvalue weighted by molar-refractivity contribution is 5.71. The molecule has 0 saturated carbocycles. The van der Waals surface area contributed by atoms with Crippen molar-refractivity contribution in [3.8, 4) is 0 Å². The van der Waals surface area contributed by atoms with E-state index in [0.717, 1.165) is 89.9 Å². The van der Waals surface area contributed by atoms with Crippen LogP contribution < -0.4 is 0 Å². The van der Waals surface area contributed by atoms with Crippen molar-refractivity contribution < 1.29 is 28.6 Å². The van der Waals surface area contributed by atoms with Gasteiger partial charge in [0.25, 0.3) is 0 Å². The highest BCUT2D eigenvalue weighted by atomic mass is 16.6. The second kappa shape index (κ2) is 54.2. The Bertz CT molecular complexity index is 1090. The van der Waals surface area contributed by atoms with E-state index in [1.54, 1.807) is 0 Å². The average Bonchev–Trinajstić information content (AvgIpc) is 3.30. The van der Waals surface area contributed by atoms with Crippen molar-refractivity contribution in [1.82, 2.24) is 0 Å². The largest absolute Gasteiger partial charge is 0.462 e. The Kier molecular flexibility index (Phi) is 52.3. The maximum absolute atomic E-state index is 12.8. The zero-order chi connectivity index (χ0) is 47.2. The normalized spacial score (nSPS) is 12.2. The molecule has 0 aliphatic heterocycles. The molecule has 0 aliphatic rings. The highest BCUT2D eigenvalue weighted by Crippen LogP contribution is 2.16. The van der Waals surface area contributed by atoms with Crippen LogP contribution in [0.2, 0.25) is 0 Å². The maximum atomic E-state index is 12.8. The zero-order valence-corrected chi connectivity index (χ0v) is 43.5. The van der Waals surface area contributed by atoms with Crippen LogP contribution >= 0.6 is 0 Å². The Morgan fingerprint density at radius 1 is 0.308 bits per heavy atom. The first kappa shape index (κ1) is 62.6. The molecule has 0 aromatic rings. The number of carbonyl (C=O) groups excluding carboxylic acids is 3. The molecule has 6 heteroatoms. The Balaban J connectivity index is 4.33. The van der Waals surface area contributed by atoms with Crippen LogP contribution in [-0.2, 0) is 28.6 Å². The van der Waals surface area contributed by atoms with Gasteiger partial charge in [0.15, 0.2) is 6.10 Å². The molecule has 0 spiro atoms. The maximum Gasteiger partial charge on any atom is 0.306 e. The van der Waals surface area contributed by atoms with Gasteiger partial charge in [0.2, 0.25) is 0 Å². The van der Waals surface area contributed by atoms with E-state index in [2.05, 4.69) is 57.2 Å². The number of hydrogen-bond donors (Lipinski definition) is 0. The first-order valence-corrected chi connectivity index (χ1v) is 28.5. The van der Waals surface area contributed by atoms with E-state index < -0.39 is 6.10 Å². The minimum atomic E-state index is -0.779. The fourth-order valence-electron chi connectivity index (χ4n) is 8.28. The Morgan fingerprint density at radius 3 is 0.908 bits per heavy atom. The zero-order valence-electron chi connectivity index (χ0n) is 43.5. The van der Waals surface area contributed by atoms with Crippen molar-refractivity contribution in [2.24, 2.45) is 0 Å². The van der Waals surface area contributed by atoms with Crippen molar-refractivity contribution in [1.29, 1.82) is 0 Å². The monoisotopic (exact) mass is 913 g/mol. The van der Waals surface area contributed by atoms with Gasteiger partial charge in [0.05, 0.1) is 0 Å². The smallest absolute Gasteiger partial charge is 0.306 e. The standard InChI is InChI=1S/C59H108O6/c1-4-7-10-13-16-19-22-25-28-29-30-31-32-35-37-40-43-46-49-52-58(61)64-55-56(65-59(62)53-50-47-44-41-38-34-27-24-21-18-15-12-9-6-3)54-63-57(60)51-48-45-42-39-36-33-26-23-20-17-14-11-8-5-2/h15,18,23-24,26-27,56H,4-14,16-17,19-22,25,28-55H2,1-3H3/b18-15-,26-23-,27-24-. The number of unbranched alkanes of at least 4 members (excludes halogenated alkanes) is 35.